The zero-order valence-electron chi connectivity index (χ0n) is 16.0. The first kappa shape index (κ1) is 18.6. The Balaban J connectivity index is 1.70. The van der Waals surface area contributed by atoms with Crippen molar-refractivity contribution in [1.29, 1.82) is 0 Å². The molecule has 0 spiro atoms. The molecular weight excluding hydrogens is 342 g/mol. The number of rotatable bonds is 6. The van der Waals surface area contributed by atoms with Crippen molar-refractivity contribution in [3.8, 4) is 17.1 Å². The number of hydrogen-bond acceptors (Lipinski definition) is 5. The third kappa shape index (κ3) is 3.97. The van der Waals surface area contributed by atoms with Gasteiger partial charge in [0.2, 0.25) is 5.88 Å². The van der Waals surface area contributed by atoms with Crippen LogP contribution in [-0.2, 0) is 6.42 Å². The van der Waals surface area contributed by atoms with E-state index in [4.69, 9.17) is 4.74 Å². The van der Waals surface area contributed by atoms with Gasteiger partial charge in [-0.05, 0) is 38.0 Å². The Kier molecular flexibility index (Phi) is 5.49. The highest BCUT2D eigenvalue weighted by Gasteiger charge is 2.15. The standard InChI is InChI=1S/C20H23N5O2/c1-13-17(14(2)24-23-13)9-12-25(3)20(26)16-7-5-15(6-8-16)18-19(27-4)22-11-10-21-18/h5-8,10-11H,9,12H2,1-4H3,(H,23,24). The van der Waals surface area contributed by atoms with Gasteiger partial charge in [-0.1, -0.05) is 12.1 Å². The van der Waals surface area contributed by atoms with Crippen LogP contribution in [0.15, 0.2) is 36.7 Å². The number of H-pyrrole nitrogens is 1. The average molecular weight is 365 g/mol. The maximum absolute atomic E-state index is 12.7. The van der Waals surface area contributed by atoms with Gasteiger partial charge in [0.25, 0.3) is 5.91 Å². The molecule has 2 aromatic heterocycles. The van der Waals surface area contributed by atoms with Crippen LogP contribution in [0.2, 0.25) is 0 Å². The molecule has 0 saturated heterocycles. The summed E-state index contributed by atoms with van der Waals surface area (Å²) in [5.41, 5.74) is 5.33. The second kappa shape index (κ2) is 7.99. The number of aryl methyl sites for hydroxylation is 2. The van der Waals surface area contributed by atoms with E-state index in [9.17, 15) is 4.79 Å². The molecule has 27 heavy (non-hydrogen) atoms. The molecule has 0 unspecified atom stereocenters. The van der Waals surface area contributed by atoms with E-state index in [-0.39, 0.29) is 5.91 Å². The fourth-order valence-electron chi connectivity index (χ4n) is 2.99. The lowest BCUT2D eigenvalue weighted by Gasteiger charge is -2.17. The van der Waals surface area contributed by atoms with Crippen molar-refractivity contribution in [3.05, 3.63) is 59.2 Å². The summed E-state index contributed by atoms with van der Waals surface area (Å²) in [5, 5.41) is 7.18. The van der Waals surface area contributed by atoms with Crippen molar-refractivity contribution in [2.45, 2.75) is 20.3 Å². The van der Waals surface area contributed by atoms with Crippen LogP contribution in [0, 0.1) is 13.8 Å². The minimum Gasteiger partial charge on any atom is -0.479 e. The quantitative estimate of drug-likeness (QED) is 0.726. The fourth-order valence-corrected chi connectivity index (χ4v) is 2.99. The maximum atomic E-state index is 12.7. The number of nitrogens with one attached hydrogen (secondary N) is 1. The van der Waals surface area contributed by atoms with E-state index in [1.54, 1.807) is 36.5 Å². The van der Waals surface area contributed by atoms with Crippen molar-refractivity contribution in [2.24, 2.45) is 0 Å². The van der Waals surface area contributed by atoms with E-state index >= 15 is 0 Å². The second-order valence-corrected chi connectivity index (χ2v) is 6.38. The third-order valence-corrected chi connectivity index (χ3v) is 4.59. The summed E-state index contributed by atoms with van der Waals surface area (Å²) in [6, 6.07) is 7.32. The van der Waals surface area contributed by atoms with E-state index in [0.717, 1.165) is 23.4 Å². The smallest absolute Gasteiger partial charge is 0.253 e. The highest BCUT2D eigenvalue weighted by atomic mass is 16.5. The molecule has 3 rings (SSSR count). The predicted octanol–water partition coefficient (Wildman–Crippen LogP) is 2.81. The molecule has 0 aliphatic heterocycles. The number of likely N-dealkylation sites (N-methyl/N-ethyl adjacent to an activating group) is 1. The van der Waals surface area contributed by atoms with E-state index in [1.807, 2.05) is 33.0 Å². The SMILES string of the molecule is COc1nccnc1-c1ccc(C(=O)N(C)CCc2c(C)n[nH]c2C)cc1. The van der Waals surface area contributed by atoms with Crippen LogP contribution in [-0.4, -0.2) is 51.7 Å². The molecule has 0 aliphatic rings. The highest BCUT2D eigenvalue weighted by molar-refractivity contribution is 5.94. The number of carbonyl (C=O) groups is 1. The molecule has 0 aliphatic carbocycles. The summed E-state index contributed by atoms with van der Waals surface area (Å²) < 4.78 is 5.25. The van der Waals surface area contributed by atoms with Gasteiger partial charge in [-0.3, -0.25) is 9.89 Å². The largest absolute Gasteiger partial charge is 0.479 e. The van der Waals surface area contributed by atoms with Gasteiger partial charge in [0, 0.05) is 42.8 Å². The molecule has 0 saturated carbocycles. The minimum absolute atomic E-state index is 0.0218. The van der Waals surface area contributed by atoms with Gasteiger partial charge < -0.3 is 9.64 Å². The summed E-state index contributed by atoms with van der Waals surface area (Å²) in [6.07, 6.45) is 3.97. The number of aromatic nitrogens is 4. The molecule has 140 valence electrons. The van der Waals surface area contributed by atoms with Crippen LogP contribution in [0.1, 0.15) is 27.3 Å². The van der Waals surface area contributed by atoms with Crippen molar-refractivity contribution in [1.82, 2.24) is 25.1 Å². The number of nitrogens with zero attached hydrogens (tertiary/aromatic N) is 4. The Labute approximate surface area is 158 Å². The molecular formula is C20H23N5O2. The molecule has 0 bridgehead atoms. The van der Waals surface area contributed by atoms with Gasteiger partial charge in [0.05, 0.1) is 12.8 Å². The Hall–Kier alpha value is -3.22. The van der Waals surface area contributed by atoms with E-state index in [1.165, 1.54) is 5.56 Å². The zero-order chi connectivity index (χ0) is 19.4. The van der Waals surface area contributed by atoms with Crippen LogP contribution in [0.25, 0.3) is 11.3 Å². The molecule has 3 aromatic rings. The van der Waals surface area contributed by atoms with Crippen LogP contribution in [0.5, 0.6) is 5.88 Å². The van der Waals surface area contributed by atoms with E-state index < -0.39 is 0 Å². The maximum Gasteiger partial charge on any atom is 0.253 e. The van der Waals surface area contributed by atoms with Gasteiger partial charge in [-0.15, -0.1) is 0 Å². The molecule has 0 radical (unpaired) electrons. The van der Waals surface area contributed by atoms with Gasteiger partial charge >= 0.3 is 0 Å². The number of ether oxygens (including phenoxy) is 1. The number of methoxy groups -OCH3 is 1. The molecule has 0 atom stereocenters. The van der Waals surface area contributed by atoms with Crippen LogP contribution >= 0.6 is 0 Å². The molecule has 7 heteroatoms. The monoisotopic (exact) mass is 365 g/mol. The normalized spacial score (nSPS) is 10.7. The second-order valence-electron chi connectivity index (χ2n) is 6.38. The first-order valence-corrected chi connectivity index (χ1v) is 8.72. The van der Waals surface area contributed by atoms with E-state index in [0.29, 0.717) is 23.7 Å². The van der Waals surface area contributed by atoms with E-state index in [2.05, 4.69) is 20.2 Å². The van der Waals surface area contributed by atoms with Gasteiger partial charge in [0.1, 0.15) is 5.69 Å². The first-order chi connectivity index (χ1) is 13.0. The zero-order valence-corrected chi connectivity index (χ0v) is 16.0. The molecule has 0 fully saturated rings. The topological polar surface area (TPSA) is 84.0 Å². The number of aromatic amines is 1. The number of carbonyl (C=O) groups excluding carboxylic acids is 1. The highest BCUT2D eigenvalue weighted by Crippen LogP contribution is 2.25. The molecule has 1 aromatic carbocycles. The summed E-state index contributed by atoms with van der Waals surface area (Å²) in [6.45, 7) is 4.59. The third-order valence-electron chi connectivity index (χ3n) is 4.59. The Morgan fingerprint density at radius 3 is 2.48 bits per heavy atom. The minimum atomic E-state index is -0.0218. The predicted molar refractivity (Wildman–Crippen MR) is 103 cm³/mol. The van der Waals surface area contributed by atoms with Gasteiger partial charge in [0.15, 0.2) is 0 Å². The lowest BCUT2D eigenvalue weighted by atomic mass is 10.1. The fraction of sp³-hybridized carbons (Fsp3) is 0.300. The average Bonchev–Trinajstić information content (AvgIpc) is 3.03. The van der Waals surface area contributed by atoms with Crippen LogP contribution < -0.4 is 4.74 Å². The number of amides is 1. The molecule has 7 nitrogen and oxygen atoms in total. The van der Waals surface area contributed by atoms with Gasteiger partial charge in [-0.2, -0.15) is 5.10 Å². The first-order valence-electron chi connectivity index (χ1n) is 8.72. The summed E-state index contributed by atoms with van der Waals surface area (Å²) in [7, 11) is 3.37. The lowest BCUT2D eigenvalue weighted by molar-refractivity contribution is 0.0796. The summed E-state index contributed by atoms with van der Waals surface area (Å²) in [5.74, 6) is 0.436. The van der Waals surface area contributed by atoms with Crippen LogP contribution in [0.4, 0.5) is 0 Å². The van der Waals surface area contributed by atoms with Crippen molar-refractivity contribution in [3.63, 3.8) is 0 Å². The molecule has 1 amide bonds. The molecule has 1 N–H and O–H groups in total. The van der Waals surface area contributed by atoms with Crippen molar-refractivity contribution < 1.29 is 9.53 Å². The Morgan fingerprint density at radius 1 is 1.15 bits per heavy atom. The van der Waals surface area contributed by atoms with Gasteiger partial charge in [-0.25, -0.2) is 9.97 Å². The number of benzene rings is 1. The number of hydrogen-bond donors (Lipinski definition) is 1. The summed E-state index contributed by atoms with van der Waals surface area (Å²) in [4.78, 5) is 22.9. The van der Waals surface area contributed by atoms with Crippen molar-refractivity contribution in [2.75, 3.05) is 20.7 Å². The molecule has 2 heterocycles. The van der Waals surface area contributed by atoms with Crippen LogP contribution in [0.3, 0.4) is 0 Å². The Bertz CT molecular complexity index is 914. The Morgan fingerprint density at radius 2 is 1.85 bits per heavy atom. The lowest BCUT2D eigenvalue weighted by Crippen LogP contribution is -2.29. The summed E-state index contributed by atoms with van der Waals surface area (Å²) >= 11 is 0. The van der Waals surface area contributed by atoms with Crippen molar-refractivity contribution >= 4 is 5.91 Å².